The zero-order valence-corrected chi connectivity index (χ0v) is 13.3. The molecule has 1 aliphatic carbocycles. The zero-order chi connectivity index (χ0) is 14.8. The van der Waals surface area contributed by atoms with Gasteiger partial charge in [-0.15, -0.1) is 0 Å². The topological polar surface area (TPSA) is 41.5 Å². The van der Waals surface area contributed by atoms with E-state index in [0.29, 0.717) is 22.3 Å². The number of benzene rings is 1. The Kier molecular flexibility index (Phi) is 5.19. The fourth-order valence-electron chi connectivity index (χ4n) is 2.16. The lowest BCUT2D eigenvalue weighted by atomic mass is 9.98. The summed E-state index contributed by atoms with van der Waals surface area (Å²) in [5, 5.41) is 14.4. The second-order valence-electron chi connectivity index (χ2n) is 5.92. The second-order valence-corrected chi connectivity index (χ2v) is 6.76. The van der Waals surface area contributed by atoms with Crippen molar-refractivity contribution in [2.45, 2.75) is 38.3 Å². The number of β-amino-alcohol motifs (C(OH)–C–C–N with tert-alkyl or cyclic N) is 1. The minimum Gasteiger partial charge on any atom is -0.489 e. The normalized spacial score (nSPS) is 17.1. The molecule has 0 aliphatic heterocycles. The molecule has 1 aliphatic rings. The first-order valence-corrected chi connectivity index (χ1v) is 7.65. The van der Waals surface area contributed by atoms with Gasteiger partial charge in [-0.2, -0.15) is 0 Å². The molecule has 1 atom stereocenters. The Hall–Kier alpha value is -0.480. The van der Waals surface area contributed by atoms with Crippen LogP contribution in [0.5, 0.6) is 5.75 Å². The highest BCUT2D eigenvalue weighted by Gasteiger charge is 2.37. The molecular weight excluding hydrogens is 297 g/mol. The Labute approximate surface area is 130 Å². The minimum absolute atomic E-state index is 0.0781. The van der Waals surface area contributed by atoms with Crippen LogP contribution in [-0.4, -0.2) is 29.9 Å². The fourth-order valence-corrected chi connectivity index (χ4v) is 2.50. The van der Waals surface area contributed by atoms with Gasteiger partial charge in [0.05, 0.1) is 5.02 Å². The smallest absolute Gasteiger partial charge is 0.139 e. The Balaban J connectivity index is 1.77. The number of rotatable bonds is 7. The van der Waals surface area contributed by atoms with Crippen molar-refractivity contribution in [3.8, 4) is 5.75 Å². The summed E-state index contributed by atoms with van der Waals surface area (Å²) in [7, 11) is 0. The van der Waals surface area contributed by atoms with Gasteiger partial charge in [0.15, 0.2) is 0 Å². The van der Waals surface area contributed by atoms with E-state index in [1.54, 1.807) is 18.2 Å². The molecule has 112 valence electrons. The van der Waals surface area contributed by atoms with Crippen molar-refractivity contribution in [3.63, 3.8) is 0 Å². The van der Waals surface area contributed by atoms with Gasteiger partial charge in [0.2, 0.25) is 0 Å². The third kappa shape index (κ3) is 4.52. The number of halogens is 2. The molecule has 0 heterocycles. The van der Waals surface area contributed by atoms with E-state index in [2.05, 4.69) is 19.2 Å². The highest BCUT2D eigenvalue weighted by Crippen LogP contribution is 2.39. The molecule has 1 saturated carbocycles. The van der Waals surface area contributed by atoms with E-state index in [-0.39, 0.29) is 12.1 Å². The van der Waals surface area contributed by atoms with Gasteiger partial charge in [-0.3, -0.25) is 0 Å². The quantitative estimate of drug-likeness (QED) is 0.808. The first-order chi connectivity index (χ1) is 9.38. The first kappa shape index (κ1) is 15.9. The average molecular weight is 318 g/mol. The van der Waals surface area contributed by atoms with Crippen LogP contribution in [0.2, 0.25) is 10.0 Å². The molecule has 1 aromatic rings. The predicted octanol–water partition coefficient (Wildman–Crippen LogP) is 3.51. The molecule has 0 bridgehead atoms. The van der Waals surface area contributed by atoms with Crippen LogP contribution < -0.4 is 10.1 Å². The maximum absolute atomic E-state index is 9.97. The van der Waals surface area contributed by atoms with Crippen molar-refractivity contribution < 1.29 is 9.84 Å². The monoisotopic (exact) mass is 317 g/mol. The van der Waals surface area contributed by atoms with Gasteiger partial charge < -0.3 is 15.2 Å². The van der Waals surface area contributed by atoms with E-state index in [4.69, 9.17) is 27.9 Å². The third-order valence-electron chi connectivity index (χ3n) is 3.72. The summed E-state index contributed by atoms with van der Waals surface area (Å²) >= 11 is 11.9. The molecule has 0 spiro atoms. The van der Waals surface area contributed by atoms with Crippen molar-refractivity contribution in [1.29, 1.82) is 0 Å². The summed E-state index contributed by atoms with van der Waals surface area (Å²) in [5.41, 5.74) is 0.0781. The van der Waals surface area contributed by atoms with E-state index >= 15 is 0 Å². The number of hydrogen-bond acceptors (Lipinski definition) is 3. The second kappa shape index (κ2) is 6.52. The van der Waals surface area contributed by atoms with E-state index in [0.717, 1.165) is 5.92 Å². The molecule has 1 aromatic carbocycles. The maximum atomic E-state index is 9.97. The van der Waals surface area contributed by atoms with Crippen LogP contribution in [0.1, 0.15) is 26.7 Å². The fraction of sp³-hybridized carbons (Fsp3) is 0.600. The summed E-state index contributed by atoms with van der Waals surface area (Å²) in [6.07, 6.45) is 1.96. The Bertz CT molecular complexity index is 461. The average Bonchev–Trinajstić information content (AvgIpc) is 3.22. The number of hydrogen-bond donors (Lipinski definition) is 2. The summed E-state index contributed by atoms with van der Waals surface area (Å²) in [5.74, 6) is 1.22. The first-order valence-electron chi connectivity index (χ1n) is 6.89. The molecule has 0 saturated heterocycles. The highest BCUT2D eigenvalue weighted by molar-refractivity contribution is 6.34. The lowest BCUT2D eigenvalue weighted by molar-refractivity contribution is 0.0971. The summed E-state index contributed by atoms with van der Waals surface area (Å²) < 4.78 is 5.51. The van der Waals surface area contributed by atoms with Crippen molar-refractivity contribution in [2.75, 3.05) is 13.2 Å². The van der Waals surface area contributed by atoms with Gasteiger partial charge in [0.25, 0.3) is 0 Å². The molecule has 1 unspecified atom stereocenters. The van der Waals surface area contributed by atoms with Gasteiger partial charge >= 0.3 is 0 Å². The lowest BCUT2D eigenvalue weighted by Gasteiger charge is -2.27. The molecule has 0 radical (unpaired) electrons. The Morgan fingerprint density at radius 1 is 1.40 bits per heavy atom. The molecule has 0 aromatic heterocycles. The van der Waals surface area contributed by atoms with Crippen LogP contribution in [0.15, 0.2) is 18.2 Å². The number of aliphatic hydroxyl groups excluding tert-OH is 1. The lowest BCUT2D eigenvalue weighted by Crippen LogP contribution is -2.46. The van der Waals surface area contributed by atoms with Crippen molar-refractivity contribution in [3.05, 3.63) is 28.2 Å². The van der Waals surface area contributed by atoms with Crippen molar-refractivity contribution in [2.24, 2.45) is 5.92 Å². The van der Waals surface area contributed by atoms with Crippen LogP contribution >= 0.6 is 23.2 Å². The molecule has 20 heavy (non-hydrogen) atoms. The number of aliphatic hydroxyl groups is 1. The van der Waals surface area contributed by atoms with E-state index in [1.165, 1.54) is 12.8 Å². The standard InChI is InChI=1S/C15H21Cl2NO2/c1-15(2,10-3-4-10)18-8-12(19)9-20-14-7-11(16)5-6-13(14)17/h5-7,10,12,18-19H,3-4,8-9H2,1-2H3. The van der Waals surface area contributed by atoms with Crippen molar-refractivity contribution >= 4 is 23.2 Å². The van der Waals surface area contributed by atoms with Crippen LogP contribution in [0.3, 0.4) is 0 Å². The summed E-state index contributed by atoms with van der Waals surface area (Å²) in [6.45, 7) is 5.04. The van der Waals surface area contributed by atoms with Crippen LogP contribution in [0.4, 0.5) is 0 Å². The number of ether oxygens (including phenoxy) is 1. The third-order valence-corrected chi connectivity index (χ3v) is 4.26. The van der Waals surface area contributed by atoms with E-state index < -0.39 is 6.10 Å². The van der Waals surface area contributed by atoms with Crippen molar-refractivity contribution in [1.82, 2.24) is 5.32 Å². The summed E-state index contributed by atoms with van der Waals surface area (Å²) in [4.78, 5) is 0. The minimum atomic E-state index is -0.580. The van der Waals surface area contributed by atoms with Gasteiger partial charge in [-0.25, -0.2) is 0 Å². The SMILES string of the molecule is CC(C)(NCC(O)COc1cc(Cl)ccc1Cl)C1CC1. The molecule has 2 rings (SSSR count). The van der Waals surface area contributed by atoms with Crippen LogP contribution in [0, 0.1) is 5.92 Å². The van der Waals surface area contributed by atoms with Gasteiger partial charge in [-0.1, -0.05) is 23.2 Å². The van der Waals surface area contributed by atoms with Gasteiger partial charge in [0.1, 0.15) is 18.5 Å². The van der Waals surface area contributed by atoms with Crippen LogP contribution in [0.25, 0.3) is 0 Å². The van der Waals surface area contributed by atoms with Gasteiger partial charge in [0, 0.05) is 23.2 Å². The molecule has 2 N–H and O–H groups in total. The molecule has 1 fully saturated rings. The van der Waals surface area contributed by atoms with Crippen LogP contribution in [-0.2, 0) is 0 Å². The van der Waals surface area contributed by atoms with E-state index in [9.17, 15) is 5.11 Å². The molecule has 3 nitrogen and oxygen atoms in total. The van der Waals surface area contributed by atoms with E-state index in [1.807, 2.05) is 0 Å². The summed E-state index contributed by atoms with van der Waals surface area (Å²) in [6, 6.07) is 5.03. The predicted molar refractivity (Wildman–Crippen MR) is 82.8 cm³/mol. The van der Waals surface area contributed by atoms with Gasteiger partial charge in [-0.05, 0) is 44.7 Å². The maximum Gasteiger partial charge on any atom is 0.139 e. The molecule has 5 heteroatoms. The molecular formula is C15H21Cl2NO2. The Morgan fingerprint density at radius 3 is 2.75 bits per heavy atom. The highest BCUT2D eigenvalue weighted by atomic mass is 35.5. The number of nitrogens with one attached hydrogen (secondary N) is 1. The zero-order valence-electron chi connectivity index (χ0n) is 11.8. The largest absolute Gasteiger partial charge is 0.489 e. The Morgan fingerprint density at radius 2 is 2.10 bits per heavy atom. The molecule has 0 amide bonds.